The Labute approximate surface area is 97.2 Å². The summed E-state index contributed by atoms with van der Waals surface area (Å²) in [5.41, 5.74) is 6.80. The number of aromatic nitrogens is 4. The van der Waals surface area contributed by atoms with Crippen molar-refractivity contribution in [2.75, 3.05) is 11.6 Å². The van der Waals surface area contributed by atoms with Crippen LogP contribution in [0.2, 0.25) is 0 Å². The van der Waals surface area contributed by atoms with Gasteiger partial charge in [-0.3, -0.25) is 9.80 Å². The molecule has 1 fully saturated rings. The molecule has 3 heterocycles. The van der Waals surface area contributed by atoms with Crippen molar-refractivity contribution in [2.45, 2.75) is 18.9 Å². The molecule has 1 aliphatic heterocycles. The molecular formula is C10H12N6O. The third-order valence-corrected chi connectivity index (χ3v) is 3.03. The SMILES string of the molecule is NC(=O)C1CCCN1n1cnc2cncnc21. The van der Waals surface area contributed by atoms with Crippen LogP contribution in [0.25, 0.3) is 11.2 Å². The first kappa shape index (κ1) is 10.0. The Bertz CT molecular complexity index is 565. The number of carbonyl (C=O) groups is 1. The van der Waals surface area contributed by atoms with E-state index in [0.29, 0.717) is 11.2 Å². The molecule has 17 heavy (non-hydrogen) atoms. The third kappa shape index (κ3) is 1.50. The second-order valence-electron chi connectivity index (χ2n) is 4.04. The topological polar surface area (TPSA) is 89.9 Å². The molecular weight excluding hydrogens is 220 g/mol. The number of hydrogen-bond acceptors (Lipinski definition) is 5. The van der Waals surface area contributed by atoms with Crippen LogP contribution in [0.1, 0.15) is 12.8 Å². The molecule has 1 amide bonds. The maximum absolute atomic E-state index is 11.4. The summed E-state index contributed by atoms with van der Waals surface area (Å²) in [5.74, 6) is -0.307. The fourth-order valence-electron chi connectivity index (χ4n) is 2.24. The van der Waals surface area contributed by atoms with Gasteiger partial charge in [0.05, 0.1) is 6.20 Å². The van der Waals surface area contributed by atoms with Crippen molar-refractivity contribution in [3.8, 4) is 0 Å². The van der Waals surface area contributed by atoms with Crippen molar-refractivity contribution < 1.29 is 4.79 Å². The molecule has 1 unspecified atom stereocenters. The number of rotatable bonds is 2. The molecule has 7 nitrogen and oxygen atoms in total. The van der Waals surface area contributed by atoms with Crippen LogP contribution in [0.15, 0.2) is 18.9 Å². The lowest BCUT2D eigenvalue weighted by molar-refractivity contribution is -0.119. The fraction of sp³-hybridized carbons (Fsp3) is 0.400. The van der Waals surface area contributed by atoms with E-state index < -0.39 is 0 Å². The van der Waals surface area contributed by atoms with Gasteiger partial charge in [-0.15, -0.1) is 0 Å². The number of hydrogen-bond donors (Lipinski definition) is 1. The van der Waals surface area contributed by atoms with Gasteiger partial charge in [0.15, 0.2) is 5.65 Å². The zero-order chi connectivity index (χ0) is 11.8. The molecule has 0 bridgehead atoms. The minimum absolute atomic E-state index is 0.276. The van der Waals surface area contributed by atoms with Crippen molar-refractivity contribution in [1.82, 2.24) is 19.6 Å². The average molecular weight is 232 g/mol. The second kappa shape index (κ2) is 3.69. The largest absolute Gasteiger partial charge is 0.368 e. The first-order chi connectivity index (χ1) is 8.27. The summed E-state index contributed by atoms with van der Waals surface area (Å²) < 4.78 is 1.79. The van der Waals surface area contributed by atoms with Gasteiger partial charge in [-0.2, -0.15) is 0 Å². The number of nitrogens with two attached hydrogens (primary N) is 1. The van der Waals surface area contributed by atoms with E-state index in [-0.39, 0.29) is 11.9 Å². The Morgan fingerprint density at radius 3 is 3.18 bits per heavy atom. The number of carbonyl (C=O) groups excluding carboxylic acids is 1. The van der Waals surface area contributed by atoms with Crippen LogP contribution in [0.3, 0.4) is 0 Å². The third-order valence-electron chi connectivity index (χ3n) is 3.03. The number of primary amides is 1. The molecule has 0 spiro atoms. The van der Waals surface area contributed by atoms with Gasteiger partial charge in [-0.25, -0.2) is 19.6 Å². The molecule has 88 valence electrons. The predicted molar refractivity (Wildman–Crippen MR) is 60.6 cm³/mol. The van der Waals surface area contributed by atoms with Crippen molar-refractivity contribution >= 4 is 17.1 Å². The smallest absolute Gasteiger partial charge is 0.241 e. The van der Waals surface area contributed by atoms with Gasteiger partial charge in [0.25, 0.3) is 0 Å². The number of fused-ring (bicyclic) bond motifs is 1. The molecule has 2 N–H and O–H groups in total. The molecule has 0 aliphatic carbocycles. The molecule has 2 aromatic rings. The highest BCUT2D eigenvalue weighted by Gasteiger charge is 2.30. The van der Waals surface area contributed by atoms with E-state index in [9.17, 15) is 4.79 Å². The standard InChI is InChI=1S/C10H12N6O/c11-9(17)8-2-1-3-15(8)16-6-14-7-4-12-5-13-10(7)16/h4-6,8H,1-3H2,(H2,11,17). The molecule has 1 saturated heterocycles. The van der Waals surface area contributed by atoms with E-state index >= 15 is 0 Å². The lowest BCUT2D eigenvalue weighted by Crippen LogP contribution is -2.46. The van der Waals surface area contributed by atoms with Crippen molar-refractivity contribution in [3.63, 3.8) is 0 Å². The van der Waals surface area contributed by atoms with Gasteiger partial charge in [-0.05, 0) is 12.8 Å². The van der Waals surface area contributed by atoms with Crippen LogP contribution < -0.4 is 10.7 Å². The lowest BCUT2D eigenvalue weighted by Gasteiger charge is -2.24. The quantitative estimate of drug-likeness (QED) is 0.747. The van der Waals surface area contributed by atoms with Crippen LogP contribution >= 0.6 is 0 Å². The Kier molecular flexibility index (Phi) is 2.17. The highest BCUT2D eigenvalue weighted by molar-refractivity contribution is 5.82. The van der Waals surface area contributed by atoms with Gasteiger partial charge in [0.1, 0.15) is 24.2 Å². The molecule has 2 aromatic heterocycles. The Morgan fingerprint density at radius 1 is 1.47 bits per heavy atom. The van der Waals surface area contributed by atoms with E-state index in [1.807, 2.05) is 5.01 Å². The maximum Gasteiger partial charge on any atom is 0.241 e. The molecule has 1 aliphatic rings. The molecule has 0 saturated carbocycles. The van der Waals surface area contributed by atoms with Gasteiger partial charge in [0.2, 0.25) is 5.91 Å². The summed E-state index contributed by atoms with van der Waals surface area (Å²) in [5, 5.41) is 1.91. The van der Waals surface area contributed by atoms with Crippen LogP contribution in [0.5, 0.6) is 0 Å². The van der Waals surface area contributed by atoms with Crippen molar-refractivity contribution in [1.29, 1.82) is 0 Å². The Balaban J connectivity index is 2.06. The fourth-order valence-corrected chi connectivity index (χ4v) is 2.24. The molecule has 3 rings (SSSR count). The highest BCUT2D eigenvalue weighted by atomic mass is 16.1. The number of nitrogens with zero attached hydrogens (tertiary/aromatic N) is 5. The van der Waals surface area contributed by atoms with Crippen LogP contribution in [-0.2, 0) is 4.79 Å². The molecule has 1 atom stereocenters. The minimum atomic E-state index is -0.307. The first-order valence-electron chi connectivity index (χ1n) is 5.46. The Hall–Kier alpha value is -2.18. The van der Waals surface area contributed by atoms with Crippen LogP contribution in [0, 0.1) is 0 Å². The van der Waals surface area contributed by atoms with E-state index in [1.165, 1.54) is 6.33 Å². The van der Waals surface area contributed by atoms with Gasteiger partial charge >= 0.3 is 0 Å². The Morgan fingerprint density at radius 2 is 2.35 bits per heavy atom. The van der Waals surface area contributed by atoms with Crippen molar-refractivity contribution in [2.24, 2.45) is 5.73 Å². The summed E-state index contributed by atoms with van der Waals surface area (Å²) in [6.45, 7) is 0.781. The zero-order valence-corrected chi connectivity index (χ0v) is 9.15. The van der Waals surface area contributed by atoms with E-state index in [2.05, 4.69) is 15.0 Å². The van der Waals surface area contributed by atoms with Crippen molar-refractivity contribution in [3.05, 3.63) is 18.9 Å². The summed E-state index contributed by atoms with van der Waals surface area (Å²) in [6, 6.07) is -0.276. The van der Waals surface area contributed by atoms with Crippen LogP contribution in [-0.4, -0.2) is 38.1 Å². The van der Waals surface area contributed by atoms with E-state index in [0.717, 1.165) is 19.4 Å². The normalized spacial score (nSPS) is 20.0. The number of imidazole rings is 1. The summed E-state index contributed by atoms with van der Waals surface area (Å²) in [6.07, 6.45) is 6.49. The second-order valence-corrected chi connectivity index (χ2v) is 4.04. The van der Waals surface area contributed by atoms with Crippen LogP contribution in [0.4, 0.5) is 0 Å². The van der Waals surface area contributed by atoms with Gasteiger partial charge in [-0.1, -0.05) is 0 Å². The average Bonchev–Trinajstić information content (AvgIpc) is 2.94. The maximum atomic E-state index is 11.4. The molecule has 0 aromatic carbocycles. The zero-order valence-electron chi connectivity index (χ0n) is 9.15. The monoisotopic (exact) mass is 232 g/mol. The number of amides is 1. The molecule has 0 radical (unpaired) electrons. The van der Waals surface area contributed by atoms with E-state index in [4.69, 9.17) is 5.73 Å². The van der Waals surface area contributed by atoms with Gasteiger partial charge < -0.3 is 5.73 Å². The summed E-state index contributed by atoms with van der Waals surface area (Å²) in [4.78, 5) is 23.6. The molecule has 7 heteroatoms. The minimum Gasteiger partial charge on any atom is -0.368 e. The van der Waals surface area contributed by atoms with Gasteiger partial charge in [0, 0.05) is 6.54 Å². The predicted octanol–water partition coefficient (Wildman–Crippen LogP) is -0.588. The summed E-state index contributed by atoms with van der Waals surface area (Å²) in [7, 11) is 0. The summed E-state index contributed by atoms with van der Waals surface area (Å²) >= 11 is 0. The highest BCUT2D eigenvalue weighted by Crippen LogP contribution is 2.18. The lowest BCUT2D eigenvalue weighted by atomic mass is 10.2. The first-order valence-corrected chi connectivity index (χ1v) is 5.46. The van der Waals surface area contributed by atoms with E-state index in [1.54, 1.807) is 17.2 Å².